The Morgan fingerprint density at radius 3 is 0.742 bits per heavy atom. The van der Waals surface area contributed by atoms with Crippen LogP contribution in [0.15, 0.2) is 352 Å². The predicted octanol–water partition coefficient (Wildman–Crippen LogP) is 17.5. The molecule has 10 heteroatoms. The van der Waals surface area contributed by atoms with E-state index < -0.39 is 31.7 Å². The van der Waals surface area contributed by atoms with Crippen molar-refractivity contribution in [1.82, 2.24) is 0 Å². The topological polar surface area (TPSA) is 80.9 Å². The average molecular weight is 1370 g/mol. The maximum absolute atomic E-state index is 11.4. The van der Waals surface area contributed by atoms with Gasteiger partial charge in [-0.25, -0.2) is 0 Å². The third-order valence-corrected chi connectivity index (χ3v) is 34.4. The zero-order valence-electron chi connectivity index (χ0n) is 54.5. The molecule has 0 radical (unpaired) electrons. The summed E-state index contributed by atoms with van der Waals surface area (Å²) in [5.74, 6) is 2.30. The smallest absolute Gasteiger partial charge is 0.131 e. The molecule has 4 N–H and O–H groups in total. The molecule has 0 spiro atoms. The molecular weight excluding hydrogens is 1290 g/mol. The highest BCUT2D eigenvalue weighted by molar-refractivity contribution is 7.88. The summed E-state index contributed by atoms with van der Waals surface area (Å²) in [6.45, 7) is 4.52. The normalized spacial score (nSPS) is 13.0. The summed E-state index contributed by atoms with van der Waals surface area (Å²) >= 11 is 0. The Balaban J connectivity index is 0.000000141. The largest absolute Gasteiger partial charge is 0.507 e. The summed E-state index contributed by atoms with van der Waals surface area (Å²) in [6, 6.07) is 122. The van der Waals surface area contributed by atoms with Crippen LogP contribution in [0.25, 0.3) is 21.5 Å². The standard InChI is InChI=1S/C34H28O2P2.C28H28P2.C25H22O2P2/c35-33-29-17-9-7-11-25(29)19-21-31(33)37(27-13-3-1-4-14-27)23-24-38(28-15-5-2-6-16-28)32-22-20-26-12-8-10-18-30(26)34(32)36;1-23-13-9-11-19-27(23)29(25-15-5-3-6-16-25)21-22-30(26-17-7-4-8-18-26)28-20-12-10-14-24(28)2;26-22-15-7-9-17-24(22)28(20-11-3-1-4-12-20)19-29(21-13-5-2-6-14-21)25-18-10-8-16-23(25)27/h1-22,35-36H,23-24H2;3-20H,21-22H2,1-2H3;1-18,26-27H,19H2/t37-,38-;29-,30-;28-,29-/m111/s1. The first-order valence-electron chi connectivity index (χ1n) is 32.7. The van der Waals surface area contributed by atoms with Crippen molar-refractivity contribution in [2.45, 2.75) is 13.8 Å². The number of fused-ring (bicyclic) bond motifs is 2. The highest BCUT2D eigenvalue weighted by Crippen LogP contribution is 2.52. The molecule has 14 rings (SSSR count). The second-order valence-corrected chi connectivity index (χ2v) is 37.5. The number of rotatable bonds is 20. The number of phenols is 4. The second kappa shape index (κ2) is 34.0. The van der Waals surface area contributed by atoms with Gasteiger partial charge in [0.1, 0.15) is 23.0 Å². The lowest BCUT2D eigenvalue weighted by molar-refractivity contribution is 0.479. The van der Waals surface area contributed by atoms with Crippen LogP contribution in [0.1, 0.15) is 11.1 Å². The lowest BCUT2D eigenvalue weighted by atomic mass is 10.1. The molecule has 0 fully saturated rings. The van der Waals surface area contributed by atoms with E-state index in [4.69, 9.17) is 0 Å². The number of aryl methyl sites for hydroxylation is 2. The zero-order chi connectivity index (χ0) is 66.7. The fourth-order valence-electron chi connectivity index (χ4n) is 12.4. The molecule has 0 aliphatic rings. The van der Waals surface area contributed by atoms with Gasteiger partial charge in [0, 0.05) is 37.9 Å². The van der Waals surface area contributed by atoms with Gasteiger partial charge in [0.25, 0.3) is 0 Å². The third-order valence-electron chi connectivity index (χ3n) is 17.3. The van der Waals surface area contributed by atoms with Crippen molar-refractivity contribution < 1.29 is 20.4 Å². The average Bonchev–Trinajstić information content (AvgIpc) is 0.805. The Morgan fingerprint density at radius 2 is 0.443 bits per heavy atom. The first kappa shape index (κ1) is 68.3. The van der Waals surface area contributed by atoms with E-state index in [9.17, 15) is 20.4 Å². The van der Waals surface area contributed by atoms with Crippen molar-refractivity contribution in [3.05, 3.63) is 363 Å². The lowest BCUT2D eigenvalue weighted by Crippen LogP contribution is -2.22. The van der Waals surface area contributed by atoms with Crippen LogP contribution in [0.2, 0.25) is 0 Å². The van der Waals surface area contributed by atoms with Crippen LogP contribution in [-0.4, -0.2) is 51.0 Å². The van der Waals surface area contributed by atoms with Crippen LogP contribution in [0.4, 0.5) is 0 Å². The van der Waals surface area contributed by atoms with Gasteiger partial charge in [-0.15, -0.1) is 0 Å². The first-order chi connectivity index (χ1) is 47.7. The molecule has 0 saturated carbocycles. The third kappa shape index (κ3) is 17.0. The van der Waals surface area contributed by atoms with Gasteiger partial charge in [-0.3, -0.25) is 0 Å². The van der Waals surface area contributed by atoms with Crippen molar-refractivity contribution in [1.29, 1.82) is 0 Å². The van der Waals surface area contributed by atoms with Crippen molar-refractivity contribution >= 4 is 133 Å². The van der Waals surface area contributed by atoms with E-state index in [-0.39, 0.29) is 15.8 Å². The van der Waals surface area contributed by atoms with Gasteiger partial charge >= 0.3 is 0 Å². The van der Waals surface area contributed by atoms with Crippen LogP contribution >= 0.6 is 47.5 Å². The van der Waals surface area contributed by atoms with Crippen LogP contribution in [0.3, 0.4) is 0 Å². The first-order valence-corrected chi connectivity index (χ1v) is 41.9. The van der Waals surface area contributed by atoms with E-state index in [0.29, 0.717) is 23.0 Å². The molecule has 4 nitrogen and oxygen atoms in total. The van der Waals surface area contributed by atoms with E-state index >= 15 is 0 Å². The van der Waals surface area contributed by atoms with Crippen molar-refractivity contribution in [3.63, 3.8) is 0 Å². The Hall–Kier alpha value is -8.62. The molecule has 0 bridgehead atoms. The highest BCUT2D eigenvalue weighted by Gasteiger charge is 2.28. The summed E-state index contributed by atoms with van der Waals surface area (Å²) in [6.07, 6.45) is 4.22. The zero-order valence-corrected chi connectivity index (χ0v) is 59.9. The monoisotopic (exact) mass is 1370 g/mol. The van der Waals surface area contributed by atoms with E-state index in [1.807, 2.05) is 109 Å². The summed E-state index contributed by atoms with van der Waals surface area (Å²) in [4.78, 5) is 0. The quantitative estimate of drug-likeness (QED) is 0.0573. The SMILES string of the molecule is Cc1ccccc1[P@](CC[P@](c1ccccc1)c1ccccc1C)c1ccccc1.Oc1c([P@](CC[P@](c2ccccc2)c2ccc3ccccc3c2O)c2ccccc2)ccc2ccccc12.Oc1ccccc1[P@](C[P@](c1ccccc1)c1ccccc1O)c1ccccc1. The maximum Gasteiger partial charge on any atom is 0.131 e. The lowest BCUT2D eigenvalue weighted by Gasteiger charge is -2.27. The molecule has 0 aliphatic carbocycles. The van der Waals surface area contributed by atoms with Crippen molar-refractivity contribution in [3.8, 4) is 23.0 Å². The molecule has 14 aromatic carbocycles. The Morgan fingerprint density at radius 1 is 0.206 bits per heavy atom. The van der Waals surface area contributed by atoms with E-state index in [2.05, 4.69) is 244 Å². The van der Waals surface area contributed by atoms with Gasteiger partial charge in [0.2, 0.25) is 0 Å². The van der Waals surface area contributed by atoms with Gasteiger partial charge in [-0.1, -0.05) is 328 Å². The summed E-state index contributed by atoms with van der Waals surface area (Å²) in [7, 11) is -4.00. The number of hydrogen-bond acceptors (Lipinski definition) is 4. The van der Waals surface area contributed by atoms with Crippen LogP contribution in [0.5, 0.6) is 23.0 Å². The van der Waals surface area contributed by atoms with Crippen LogP contribution < -0.4 is 63.7 Å². The molecule has 6 atom stereocenters. The molecule has 0 amide bonds. The summed E-state index contributed by atoms with van der Waals surface area (Å²) < 4.78 is 0. The fourth-order valence-corrected chi connectivity index (χ4v) is 30.1. The number of para-hydroxylation sites is 2. The van der Waals surface area contributed by atoms with Crippen molar-refractivity contribution in [2.75, 3.05) is 30.6 Å². The number of hydrogen-bond donors (Lipinski definition) is 4. The second-order valence-electron chi connectivity index (χ2n) is 23.5. The number of aromatic hydroxyl groups is 4. The molecule has 0 heterocycles. The minimum absolute atomic E-state index is 0.336. The Kier molecular flexibility index (Phi) is 24.0. The van der Waals surface area contributed by atoms with Gasteiger partial charge in [0.05, 0.1) is 0 Å². The molecule has 14 aromatic rings. The molecule has 0 unspecified atom stereocenters. The van der Waals surface area contributed by atoms with E-state index in [0.717, 1.165) is 61.0 Å². The van der Waals surface area contributed by atoms with Crippen LogP contribution in [0, 0.1) is 13.8 Å². The summed E-state index contributed by atoms with van der Waals surface area (Å²) in [5.41, 5.74) is 2.82. The maximum atomic E-state index is 11.4. The van der Waals surface area contributed by atoms with E-state index in [1.165, 1.54) is 65.9 Å². The minimum atomic E-state index is -0.818. The Labute approximate surface area is 579 Å². The number of benzene rings is 14. The van der Waals surface area contributed by atoms with E-state index in [1.54, 1.807) is 12.1 Å². The number of phenolic OH excluding ortho intramolecular Hbond substituents is 4. The van der Waals surface area contributed by atoms with Gasteiger partial charge < -0.3 is 20.4 Å². The molecular formula is C87H78O4P6. The molecule has 97 heavy (non-hydrogen) atoms. The van der Waals surface area contributed by atoms with Crippen LogP contribution in [-0.2, 0) is 0 Å². The highest BCUT2D eigenvalue weighted by atomic mass is 31.2. The molecule has 0 aromatic heterocycles. The summed E-state index contributed by atoms with van der Waals surface area (Å²) in [5, 5.41) is 62.9. The van der Waals surface area contributed by atoms with Gasteiger partial charge in [-0.2, -0.15) is 0 Å². The Bertz CT molecular complexity index is 4490. The predicted molar refractivity (Wildman–Crippen MR) is 430 cm³/mol. The molecule has 480 valence electrons. The minimum Gasteiger partial charge on any atom is -0.507 e. The fraction of sp³-hybridized carbons (Fsp3) is 0.0805. The van der Waals surface area contributed by atoms with Gasteiger partial charge in [0.15, 0.2) is 0 Å². The van der Waals surface area contributed by atoms with Crippen molar-refractivity contribution in [2.24, 2.45) is 0 Å². The van der Waals surface area contributed by atoms with Gasteiger partial charge in [-0.05, 0) is 175 Å². The molecule has 0 saturated heterocycles. The molecule has 0 aliphatic heterocycles.